The van der Waals surface area contributed by atoms with Gasteiger partial charge in [0.25, 0.3) is 0 Å². The Balaban J connectivity index is 2.29. The van der Waals surface area contributed by atoms with E-state index in [9.17, 15) is 5.11 Å². The summed E-state index contributed by atoms with van der Waals surface area (Å²) in [4.78, 5) is 4.36. The summed E-state index contributed by atoms with van der Waals surface area (Å²) in [5.41, 5.74) is 4.62. The Morgan fingerprint density at radius 3 is 2.30 bits per heavy atom. The van der Waals surface area contributed by atoms with Gasteiger partial charge in [-0.05, 0) is 50.1 Å². The number of aromatic hydroxyl groups is 1. The van der Waals surface area contributed by atoms with E-state index in [1.165, 1.54) is 0 Å². The third-order valence-electron chi connectivity index (χ3n) is 3.20. The van der Waals surface area contributed by atoms with Crippen LogP contribution in [0.1, 0.15) is 29.2 Å². The molecule has 0 aromatic heterocycles. The van der Waals surface area contributed by atoms with Crippen molar-refractivity contribution in [2.75, 3.05) is 0 Å². The number of hydrogen-bond donors (Lipinski definition) is 2. The third kappa shape index (κ3) is 3.12. The van der Waals surface area contributed by atoms with Gasteiger partial charge in [0.05, 0.1) is 0 Å². The van der Waals surface area contributed by atoms with Crippen LogP contribution in [0.4, 0.5) is 0 Å². The predicted molar refractivity (Wildman–Crippen MR) is 83.1 cm³/mol. The smallest absolute Gasteiger partial charge is 0.152 e. The van der Waals surface area contributed by atoms with Gasteiger partial charge in [0.15, 0.2) is 5.84 Å². The molecule has 0 aliphatic carbocycles. The van der Waals surface area contributed by atoms with Gasteiger partial charge in [0, 0.05) is 11.3 Å². The van der Waals surface area contributed by atoms with Gasteiger partial charge in [0.1, 0.15) is 5.75 Å². The van der Waals surface area contributed by atoms with Gasteiger partial charge in [-0.3, -0.25) is 5.41 Å². The standard InChI is InChI=1S/C17H18N2O/c1-11-4-6-14(7-5-11)17(18)19-13(3)16-9-8-15(20)10-12(16)2/h4-10,18,20H,1-3H3/b18-17?,19-13+. The quantitative estimate of drug-likeness (QED) is 0.629. The number of rotatable bonds is 2. The topological polar surface area (TPSA) is 56.4 Å². The van der Waals surface area contributed by atoms with Crippen molar-refractivity contribution in [2.24, 2.45) is 4.99 Å². The zero-order valence-corrected chi connectivity index (χ0v) is 11.9. The largest absolute Gasteiger partial charge is 0.508 e. The highest BCUT2D eigenvalue weighted by molar-refractivity contribution is 6.10. The summed E-state index contributed by atoms with van der Waals surface area (Å²) in [5, 5.41) is 17.5. The number of amidine groups is 1. The molecule has 0 fully saturated rings. The minimum Gasteiger partial charge on any atom is -0.508 e. The van der Waals surface area contributed by atoms with Crippen molar-refractivity contribution in [2.45, 2.75) is 20.8 Å². The number of phenolic OH excluding ortho intramolecular Hbond substituents is 1. The second-order valence-corrected chi connectivity index (χ2v) is 4.91. The van der Waals surface area contributed by atoms with E-state index in [4.69, 9.17) is 5.41 Å². The van der Waals surface area contributed by atoms with Gasteiger partial charge >= 0.3 is 0 Å². The Bertz CT molecular complexity index is 670. The van der Waals surface area contributed by atoms with E-state index in [0.29, 0.717) is 0 Å². The second-order valence-electron chi connectivity index (χ2n) is 4.91. The van der Waals surface area contributed by atoms with Crippen LogP contribution in [0.3, 0.4) is 0 Å². The second kappa shape index (κ2) is 5.70. The van der Waals surface area contributed by atoms with Crippen LogP contribution in [-0.2, 0) is 0 Å². The van der Waals surface area contributed by atoms with Gasteiger partial charge in [-0.25, -0.2) is 4.99 Å². The molecule has 2 rings (SSSR count). The van der Waals surface area contributed by atoms with Crippen molar-refractivity contribution < 1.29 is 5.11 Å². The molecular formula is C17H18N2O. The summed E-state index contributed by atoms with van der Waals surface area (Å²) in [7, 11) is 0. The number of phenols is 1. The molecular weight excluding hydrogens is 248 g/mol. The molecule has 0 unspecified atom stereocenters. The van der Waals surface area contributed by atoms with Crippen LogP contribution in [-0.4, -0.2) is 16.7 Å². The zero-order valence-electron chi connectivity index (χ0n) is 11.9. The molecule has 0 bridgehead atoms. The molecule has 0 saturated carbocycles. The average Bonchev–Trinajstić information content (AvgIpc) is 2.39. The van der Waals surface area contributed by atoms with Crippen LogP contribution in [0.5, 0.6) is 5.75 Å². The van der Waals surface area contributed by atoms with E-state index in [-0.39, 0.29) is 11.6 Å². The highest BCUT2D eigenvalue weighted by Crippen LogP contribution is 2.17. The molecule has 2 aromatic rings. The van der Waals surface area contributed by atoms with E-state index in [1.807, 2.05) is 51.1 Å². The Labute approximate surface area is 119 Å². The lowest BCUT2D eigenvalue weighted by molar-refractivity contribution is 0.475. The minimum atomic E-state index is 0.243. The molecule has 0 heterocycles. The van der Waals surface area contributed by atoms with Gasteiger partial charge in [-0.1, -0.05) is 29.8 Å². The van der Waals surface area contributed by atoms with Crippen molar-refractivity contribution >= 4 is 11.5 Å². The van der Waals surface area contributed by atoms with Crippen molar-refractivity contribution in [1.29, 1.82) is 5.41 Å². The molecule has 0 atom stereocenters. The first-order valence-electron chi connectivity index (χ1n) is 6.48. The van der Waals surface area contributed by atoms with E-state index in [1.54, 1.807) is 12.1 Å². The summed E-state index contributed by atoms with van der Waals surface area (Å²) >= 11 is 0. The molecule has 0 amide bonds. The highest BCUT2D eigenvalue weighted by Gasteiger charge is 2.05. The first-order valence-corrected chi connectivity index (χ1v) is 6.48. The first-order chi connectivity index (χ1) is 9.47. The fourth-order valence-electron chi connectivity index (χ4n) is 2.06. The van der Waals surface area contributed by atoms with Crippen molar-refractivity contribution in [1.82, 2.24) is 0 Å². The lowest BCUT2D eigenvalue weighted by Gasteiger charge is -2.07. The number of nitrogens with one attached hydrogen (secondary N) is 1. The lowest BCUT2D eigenvalue weighted by Crippen LogP contribution is -2.03. The van der Waals surface area contributed by atoms with Gasteiger partial charge in [-0.15, -0.1) is 0 Å². The summed E-state index contributed by atoms with van der Waals surface area (Å²) in [6.45, 7) is 5.81. The Morgan fingerprint density at radius 1 is 1.05 bits per heavy atom. The van der Waals surface area contributed by atoms with Gasteiger partial charge < -0.3 is 5.11 Å². The van der Waals surface area contributed by atoms with Crippen LogP contribution in [0.15, 0.2) is 47.5 Å². The zero-order chi connectivity index (χ0) is 14.7. The van der Waals surface area contributed by atoms with Crippen LogP contribution < -0.4 is 0 Å². The number of aliphatic imine (C=N–C) groups is 1. The third-order valence-corrected chi connectivity index (χ3v) is 3.20. The monoisotopic (exact) mass is 266 g/mol. The molecule has 102 valence electrons. The van der Waals surface area contributed by atoms with E-state index in [2.05, 4.69) is 4.99 Å². The number of hydrogen-bond acceptors (Lipinski definition) is 2. The maximum atomic E-state index is 9.42. The Kier molecular flexibility index (Phi) is 3.99. The first kappa shape index (κ1) is 14.0. The summed E-state index contributed by atoms with van der Waals surface area (Å²) in [6.07, 6.45) is 0. The minimum absolute atomic E-state index is 0.243. The van der Waals surface area contributed by atoms with E-state index < -0.39 is 0 Å². The SMILES string of the molecule is C/C(=N\C(=N)c1ccc(C)cc1)c1ccc(O)cc1C. The van der Waals surface area contributed by atoms with Gasteiger partial charge in [0.2, 0.25) is 0 Å². The molecule has 3 nitrogen and oxygen atoms in total. The fraction of sp³-hybridized carbons (Fsp3) is 0.176. The molecule has 0 saturated heterocycles. The van der Waals surface area contributed by atoms with Crippen molar-refractivity contribution in [3.8, 4) is 5.75 Å². The van der Waals surface area contributed by atoms with E-state index in [0.717, 1.165) is 28.0 Å². The summed E-state index contributed by atoms with van der Waals surface area (Å²) in [6, 6.07) is 12.9. The predicted octanol–water partition coefficient (Wildman–Crippen LogP) is 3.84. The van der Waals surface area contributed by atoms with Crippen molar-refractivity contribution in [3.63, 3.8) is 0 Å². The summed E-state index contributed by atoms with van der Waals surface area (Å²) in [5.74, 6) is 0.489. The molecule has 0 radical (unpaired) electrons. The van der Waals surface area contributed by atoms with Gasteiger partial charge in [-0.2, -0.15) is 0 Å². The lowest BCUT2D eigenvalue weighted by atomic mass is 10.0. The average molecular weight is 266 g/mol. The number of nitrogens with zero attached hydrogens (tertiary/aromatic N) is 1. The maximum absolute atomic E-state index is 9.42. The molecule has 3 heteroatoms. The molecule has 2 aromatic carbocycles. The number of aryl methyl sites for hydroxylation is 2. The normalized spacial score (nSPS) is 11.4. The molecule has 0 aliphatic rings. The van der Waals surface area contributed by atoms with Crippen molar-refractivity contribution in [3.05, 3.63) is 64.7 Å². The molecule has 2 N–H and O–H groups in total. The Morgan fingerprint density at radius 2 is 1.70 bits per heavy atom. The maximum Gasteiger partial charge on any atom is 0.152 e. The highest BCUT2D eigenvalue weighted by atomic mass is 16.3. The summed E-state index contributed by atoms with van der Waals surface area (Å²) < 4.78 is 0. The Hall–Kier alpha value is -2.42. The fourth-order valence-corrected chi connectivity index (χ4v) is 2.06. The number of benzene rings is 2. The van der Waals surface area contributed by atoms with Crippen LogP contribution in [0, 0.1) is 19.3 Å². The molecule has 20 heavy (non-hydrogen) atoms. The molecule has 0 aliphatic heterocycles. The molecule has 0 spiro atoms. The van der Waals surface area contributed by atoms with Crippen LogP contribution in [0.2, 0.25) is 0 Å². The van der Waals surface area contributed by atoms with Crippen LogP contribution >= 0.6 is 0 Å². The van der Waals surface area contributed by atoms with Crippen LogP contribution in [0.25, 0.3) is 0 Å². The van der Waals surface area contributed by atoms with E-state index >= 15 is 0 Å².